The summed E-state index contributed by atoms with van der Waals surface area (Å²) in [5.41, 5.74) is -2.31. The number of carboxylic acids is 1. The molecule has 0 aromatic carbocycles. The Morgan fingerprint density at radius 2 is 1.86 bits per heavy atom. The fraction of sp³-hybridized carbons (Fsp3) is 0.750. The number of nitrogens with one attached hydrogen (secondary N) is 1. The van der Waals surface area contributed by atoms with Gasteiger partial charge in [-0.25, -0.2) is 0 Å². The zero-order chi connectivity index (χ0) is 16.8. The highest BCUT2D eigenvalue weighted by Gasteiger charge is 2.63. The summed E-state index contributed by atoms with van der Waals surface area (Å²) in [4.78, 5) is 44.5. The van der Waals surface area contributed by atoms with E-state index in [1.165, 1.54) is 6.92 Å². The van der Waals surface area contributed by atoms with E-state index in [0.717, 1.165) is 6.92 Å². The Morgan fingerprint density at radius 3 is 2.14 bits per heavy atom. The maximum Gasteiger partial charge on any atom is 0.532 e. The van der Waals surface area contributed by atoms with Crippen LogP contribution in [0.25, 0.3) is 0 Å². The molecule has 0 spiro atoms. The molecular formula is C12H21NO7P+. The molecule has 0 aromatic heterocycles. The van der Waals surface area contributed by atoms with Gasteiger partial charge in [-0.1, -0.05) is 13.8 Å². The summed E-state index contributed by atoms with van der Waals surface area (Å²) < 4.78 is 16.3. The average Bonchev–Trinajstić information content (AvgIpc) is 2.32. The number of ether oxygens (including phenoxy) is 1. The second-order valence-electron chi connectivity index (χ2n) is 5.00. The predicted molar refractivity (Wildman–Crippen MR) is 73.6 cm³/mol. The van der Waals surface area contributed by atoms with Gasteiger partial charge in [0, 0.05) is 6.92 Å². The van der Waals surface area contributed by atoms with Gasteiger partial charge in [0.25, 0.3) is 5.78 Å². The number of hydrogen-bond donors (Lipinski definition) is 3. The molecule has 8 nitrogen and oxygen atoms in total. The molecule has 0 aromatic rings. The van der Waals surface area contributed by atoms with Crippen molar-refractivity contribution in [1.29, 1.82) is 0 Å². The predicted octanol–water partition coefficient (Wildman–Crippen LogP) is 0.863. The number of carbonyl (C=O) groups excluding carboxylic acids is 2. The molecule has 0 heterocycles. The zero-order valence-corrected chi connectivity index (χ0v) is 13.3. The first-order valence-electron chi connectivity index (χ1n) is 6.42. The third-order valence-corrected chi connectivity index (χ3v) is 3.79. The van der Waals surface area contributed by atoms with Gasteiger partial charge in [-0.05, 0) is 23.8 Å². The Hall–Kier alpha value is -1.53. The van der Waals surface area contributed by atoms with Crippen LogP contribution in [0.5, 0.6) is 0 Å². The summed E-state index contributed by atoms with van der Waals surface area (Å²) >= 11 is 0. The topological polar surface area (TPSA) is 130 Å². The lowest BCUT2D eigenvalue weighted by atomic mass is 9.79. The number of aliphatic carboxylic acids is 1. The number of esters is 1. The Kier molecular flexibility index (Phi) is 7.46. The van der Waals surface area contributed by atoms with E-state index >= 15 is 0 Å². The van der Waals surface area contributed by atoms with Crippen LogP contribution in [0.4, 0.5) is 0 Å². The molecule has 120 valence electrons. The molecule has 9 heteroatoms. The van der Waals surface area contributed by atoms with Gasteiger partial charge in [0.05, 0.1) is 6.61 Å². The SMILES string of the molecule is CCOC(=O)C(CC(C)C)(C(=O)O)C(NC(C)=O)[P+](=O)O. The maximum atomic E-state index is 12.2. The lowest BCUT2D eigenvalue weighted by molar-refractivity contribution is -0.171. The Morgan fingerprint density at radius 1 is 1.33 bits per heavy atom. The highest BCUT2D eigenvalue weighted by molar-refractivity contribution is 7.39. The van der Waals surface area contributed by atoms with E-state index in [0.29, 0.717) is 0 Å². The van der Waals surface area contributed by atoms with Gasteiger partial charge in [-0.15, -0.1) is 0 Å². The molecule has 0 aliphatic carbocycles. The molecule has 21 heavy (non-hydrogen) atoms. The summed E-state index contributed by atoms with van der Waals surface area (Å²) in [5, 5.41) is 11.6. The fourth-order valence-corrected chi connectivity index (χ4v) is 3.05. The number of amides is 1. The molecule has 0 bridgehead atoms. The monoisotopic (exact) mass is 322 g/mol. The van der Waals surface area contributed by atoms with Crippen molar-refractivity contribution in [2.24, 2.45) is 11.3 Å². The first-order chi connectivity index (χ1) is 9.59. The number of rotatable bonds is 8. The normalized spacial score (nSPS) is 15.8. The van der Waals surface area contributed by atoms with Gasteiger partial charge in [-0.2, -0.15) is 4.89 Å². The van der Waals surface area contributed by atoms with E-state index in [2.05, 4.69) is 5.32 Å². The minimum Gasteiger partial charge on any atom is -0.480 e. The summed E-state index contributed by atoms with van der Waals surface area (Å²) in [6.45, 7) is 5.80. The van der Waals surface area contributed by atoms with Gasteiger partial charge in [0.15, 0.2) is 0 Å². The van der Waals surface area contributed by atoms with Crippen LogP contribution < -0.4 is 5.32 Å². The molecule has 0 rings (SSSR count). The van der Waals surface area contributed by atoms with Crippen molar-refractivity contribution in [3.63, 3.8) is 0 Å². The highest BCUT2D eigenvalue weighted by atomic mass is 31.1. The van der Waals surface area contributed by atoms with Crippen LogP contribution in [-0.4, -0.2) is 40.2 Å². The average molecular weight is 322 g/mol. The number of hydrogen-bond acceptors (Lipinski definition) is 5. The zero-order valence-electron chi connectivity index (χ0n) is 12.5. The van der Waals surface area contributed by atoms with E-state index < -0.39 is 37.1 Å². The summed E-state index contributed by atoms with van der Waals surface area (Å²) in [6.07, 6.45) is -0.242. The fourth-order valence-electron chi connectivity index (χ4n) is 2.06. The molecule has 0 fully saturated rings. The van der Waals surface area contributed by atoms with E-state index in [1.807, 2.05) is 0 Å². The van der Waals surface area contributed by atoms with Crippen molar-refractivity contribution in [3.8, 4) is 0 Å². The molecule has 1 amide bonds. The van der Waals surface area contributed by atoms with Crippen LogP contribution in [0.3, 0.4) is 0 Å². The minimum absolute atomic E-state index is 0.0824. The van der Waals surface area contributed by atoms with Gasteiger partial charge in [0.2, 0.25) is 11.3 Å². The lowest BCUT2D eigenvalue weighted by Gasteiger charge is -2.29. The lowest BCUT2D eigenvalue weighted by Crippen LogP contribution is -2.55. The quantitative estimate of drug-likeness (QED) is 0.343. The summed E-state index contributed by atoms with van der Waals surface area (Å²) in [5.74, 6) is -5.50. The molecule has 0 saturated carbocycles. The van der Waals surface area contributed by atoms with Gasteiger partial charge in [0.1, 0.15) is 0 Å². The van der Waals surface area contributed by atoms with Crippen LogP contribution in [0.2, 0.25) is 0 Å². The molecule has 3 atom stereocenters. The van der Waals surface area contributed by atoms with Gasteiger partial charge < -0.3 is 15.2 Å². The second kappa shape index (κ2) is 8.05. The van der Waals surface area contributed by atoms with E-state index in [1.54, 1.807) is 13.8 Å². The van der Waals surface area contributed by atoms with E-state index in [9.17, 15) is 28.9 Å². The molecular weight excluding hydrogens is 301 g/mol. The summed E-state index contributed by atoms with van der Waals surface area (Å²) in [7, 11) is -3.15. The maximum absolute atomic E-state index is 12.2. The Bertz CT molecular complexity index is 437. The van der Waals surface area contributed by atoms with Gasteiger partial charge in [-0.3, -0.25) is 14.4 Å². The van der Waals surface area contributed by atoms with Crippen molar-refractivity contribution in [1.82, 2.24) is 5.32 Å². The van der Waals surface area contributed by atoms with Crippen molar-refractivity contribution in [2.45, 2.75) is 39.9 Å². The van der Waals surface area contributed by atoms with Gasteiger partial charge >= 0.3 is 20.0 Å². The molecule has 3 unspecified atom stereocenters. The van der Waals surface area contributed by atoms with Crippen molar-refractivity contribution in [2.75, 3.05) is 6.61 Å². The van der Waals surface area contributed by atoms with Crippen LogP contribution in [0.15, 0.2) is 0 Å². The highest BCUT2D eigenvalue weighted by Crippen LogP contribution is 2.42. The summed E-state index contributed by atoms with van der Waals surface area (Å²) in [6, 6.07) is 0. The molecule has 0 saturated heterocycles. The third-order valence-electron chi connectivity index (χ3n) is 2.78. The molecule has 3 N–H and O–H groups in total. The van der Waals surface area contributed by atoms with Crippen LogP contribution in [-0.2, 0) is 23.7 Å². The molecule has 0 aliphatic rings. The minimum atomic E-state index is -3.15. The third kappa shape index (κ3) is 4.75. The smallest absolute Gasteiger partial charge is 0.480 e. The van der Waals surface area contributed by atoms with Crippen LogP contribution in [0, 0.1) is 11.3 Å². The second-order valence-corrected chi connectivity index (χ2v) is 6.12. The Balaban J connectivity index is 6.02. The molecule has 0 aliphatic heterocycles. The number of carbonyl (C=O) groups is 3. The van der Waals surface area contributed by atoms with Crippen LogP contribution >= 0.6 is 8.03 Å². The first-order valence-corrected chi connectivity index (χ1v) is 7.70. The van der Waals surface area contributed by atoms with E-state index in [-0.39, 0.29) is 18.9 Å². The standard InChI is InChI=1S/C12H20NO7P/c1-5-20-11(17)12(10(15)16,6-7(2)3)9(21(18)19)13-8(4)14/h7,9H,5-6H2,1-4H3,(H2-,13,14,15,16,18,19)/p+1. The Labute approximate surface area is 123 Å². The molecule has 0 radical (unpaired) electrons. The number of carboxylic acid groups (broad SMARTS) is 1. The largest absolute Gasteiger partial charge is 0.532 e. The first kappa shape index (κ1) is 19.5. The van der Waals surface area contributed by atoms with Crippen molar-refractivity contribution in [3.05, 3.63) is 0 Å². The van der Waals surface area contributed by atoms with Crippen LogP contribution in [0.1, 0.15) is 34.1 Å². The van der Waals surface area contributed by atoms with Crippen molar-refractivity contribution >= 4 is 25.9 Å². The van der Waals surface area contributed by atoms with E-state index in [4.69, 9.17) is 4.74 Å². The van der Waals surface area contributed by atoms with Crippen molar-refractivity contribution < 1.29 is 33.7 Å².